The number of rotatable bonds is 6. The third kappa shape index (κ3) is 7.71. The maximum atomic E-state index is 11.9. The molecule has 1 rings (SSSR count). The Morgan fingerprint density at radius 1 is 0.889 bits per heavy atom. The second-order valence-corrected chi connectivity index (χ2v) is 6.88. The van der Waals surface area contributed by atoms with E-state index in [0.717, 1.165) is 13.8 Å². The first-order chi connectivity index (χ1) is 12.5. The zero-order valence-corrected chi connectivity index (χ0v) is 17.2. The molecular weight excluding hydrogens is 432 g/mol. The summed E-state index contributed by atoms with van der Waals surface area (Å²) >= 11 is 3.19. The number of hydrogen-bond acceptors (Lipinski definition) is 10. The van der Waals surface area contributed by atoms with Crippen LogP contribution in [-0.4, -0.2) is 66.2 Å². The maximum Gasteiger partial charge on any atom is 0.509 e. The largest absolute Gasteiger partial charge is 0.509 e. The van der Waals surface area contributed by atoms with Gasteiger partial charge >= 0.3 is 24.1 Å². The summed E-state index contributed by atoms with van der Waals surface area (Å²) < 4.78 is 31.1. The Labute approximate surface area is 164 Å². The fourth-order valence-corrected chi connectivity index (χ4v) is 3.00. The van der Waals surface area contributed by atoms with Gasteiger partial charge in [0.2, 0.25) is 0 Å². The van der Waals surface area contributed by atoms with Gasteiger partial charge in [-0.15, -0.1) is 0 Å². The van der Waals surface area contributed by atoms with Crippen molar-refractivity contribution in [2.75, 3.05) is 6.61 Å². The summed E-state index contributed by atoms with van der Waals surface area (Å²) in [6, 6.07) is 0. The molecule has 1 fully saturated rings. The van der Waals surface area contributed by atoms with Crippen LogP contribution >= 0.6 is 15.9 Å². The van der Waals surface area contributed by atoms with Gasteiger partial charge in [0.25, 0.3) is 0 Å². The van der Waals surface area contributed by atoms with Crippen molar-refractivity contribution in [1.29, 1.82) is 0 Å². The molecule has 5 atom stereocenters. The molecule has 27 heavy (non-hydrogen) atoms. The summed E-state index contributed by atoms with van der Waals surface area (Å²) in [7, 11) is 0. The number of esters is 3. The van der Waals surface area contributed by atoms with E-state index in [0.29, 0.717) is 0 Å². The molecule has 0 spiro atoms. The zero-order chi connectivity index (χ0) is 20.7. The first-order valence-electron chi connectivity index (χ1n) is 8.15. The van der Waals surface area contributed by atoms with Crippen LogP contribution in [0.3, 0.4) is 0 Å². The first kappa shape index (κ1) is 23.2. The van der Waals surface area contributed by atoms with Crippen LogP contribution in [0.1, 0.15) is 34.6 Å². The number of hydrogen-bond donors (Lipinski definition) is 0. The summed E-state index contributed by atoms with van der Waals surface area (Å²) in [5.41, 5.74) is 0. The Hall–Kier alpha value is -1.88. The quantitative estimate of drug-likeness (QED) is 0.330. The third-order valence-electron chi connectivity index (χ3n) is 3.20. The molecule has 0 radical (unpaired) electrons. The van der Waals surface area contributed by atoms with Gasteiger partial charge in [-0.25, -0.2) is 4.79 Å². The Bertz CT molecular complexity index is 563. The molecular formula is C16H23BrO10. The SMILES string of the molecule is CC(=O)OC[C@H]1O[C@H](Br)[C@H](OC(=O)OC(C)C)[C@@H](OC(C)=O)[C@@H]1OC(C)=O. The van der Waals surface area contributed by atoms with Gasteiger partial charge in [-0.3, -0.25) is 14.4 Å². The monoisotopic (exact) mass is 454 g/mol. The second kappa shape index (κ2) is 10.5. The van der Waals surface area contributed by atoms with Crippen molar-refractivity contribution in [3.8, 4) is 0 Å². The molecule has 0 aromatic heterocycles. The van der Waals surface area contributed by atoms with Gasteiger partial charge in [0.1, 0.15) is 12.7 Å². The molecule has 10 nitrogen and oxygen atoms in total. The van der Waals surface area contributed by atoms with E-state index in [2.05, 4.69) is 15.9 Å². The summed E-state index contributed by atoms with van der Waals surface area (Å²) in [6.45, 7) is 6.49. The van der Waals surface area contributed by atoms with Crippen molar-refractivity contribution in [2.45, 2.75) is 70.2 Å². The topological polar surface area (TPSA) is 124 Å². The minimum Gasteiger partial charge on any atom is -0.463 e. The van der Waals surface area contributed by atoms with Crippen molar-refractivity contribution in [1.82, 2.24) is 0 Å². The van der Waals surface area contributed by atoms with Gasteiger partial charge in [-0.1, -0.05) is 15.9 Å². The highest BCUT2D eigenvalue weighted by Gasteiger charge is 2.51. The first-order valence-corrected chi connectivity index (χ1v) is 9.07. The van der Waals surface area contributed by atoms with Crippen LogP contribution in [0.15, 0.2) is 0 Å². The summed E-state index contributed by atoms with van der Waals surface area (Å²) in [4.78, 5) is 46.1. The molecule has 0 saturated carbocycles. The Morgan fingerprint density at radius 3 is 1.93 bits per heavy atom. The van der Waals surface area contributed by atoms with E-state index in [1.165, 1.54) is 6.92 Å². The fourth-order valence-electron chi connectivity index (χ4n) is 2.32. The van der Waals surface area contributed by atoms with E-state index >= 15 is 0 Å². The highest BCUT2D eigenvalue weighted by atomic mass is 79.9. The molecule has 0 aromatic rings. The average molecular weight is 455 g/mol. The molecule has 0 aromatic carbocycles. The molecule has 0 unspecified atom stereocenters. The number of halogens is 1. The molecule has 0 bridgehead atoms. The maximum absolute atomic E-state index is 11.9. The standard InChI is InChI=1S/C16H23BrO10/c1-7(2)23-16(21)27-14-13(25-10(5)20)12(24-9(4)19)11(26-15(14)17)6-22-8(3)18/h7,11-15H,6H2,1-5H3/t11-,12-,13+,14-,15+/m1/s1. The lowest BCUT2D eigenvalue weighted by Gasteiger charge is -2.42. The van der Waals surface area contributed by atoms with Gasteiger partial charge in [0, 0.05) is 20.8 Å². The lowest BCUT2D eigenvalue weighted by molar-refractivity contribution is -0.232. The summed E-state index contributed by atoms with van der Waals surface area (Å²) in [5, 5.41) is -0.950. The minimum atomic E-state index is -1.22. The van der Waals surface area contributed by atoms with E-state index < -0.39 is 59.6 Å². The number of ether oxygens (including phenoxy) is 6. The van der Waals surface area contributed by atoms with Crippen LogP contribution < -0.4 is 0 Å². The van der Waals surface area contributed by atoms with Crippen LogP contribution in [-0.2, 0) is 42.8 Å². The third-order valence-corrected chi connectivity index (χ3v) is 3.93. The minimum absolute atomic E-state index is 0.268. The molecule has 0 N–H and O–H groups in total. The van der Waals surface area contributed by atoms with Crippen LogP contribution in [0, 0.1) is 0 Å². The number of alkyl halides is 1. The molecule has 1 heterocycles. The number of carbonyl (C=O) groups excluding carboxylic acids is 4. The van der Waals surface area contributed by atoms with Gasteiger partial charge in [0.15, 0.2) is 23.3 Å². The Kier molecular flexibility index (Phi) is 8.97. The normalized spacial score (nSPS) is 27.4. The molecule has 1 aliphatic heterocycles. The van der Waals surface area contributed by atoms with Crippen LogP contribution in [0.5, 0.6) is 0 Å². The summed E-state index contributed by atoms with van der Waals surface area (Å²) in [6.07, 6.45) is -6.00. The van der Waals surface area contributed by atoms with E-state index in [9.17, 15) is 19.2 Å². The molecule has 1 saturated heterocycles. The van der Waals surface area contributed by atoms with Gasteiger partial charge in [-0.05, 0) is 13.8 Å². The van der Waals surface area contributed by atoms with Gasteiger partial charge < -0.3 is 28.4 Å². The van der Waals surface area contributed by atoms with Crippen LogP contribution in [0.2, 0.25) is 0 Å². The van der Waals surface area contributed by atoms with E-state index in [1.54, 1.807) is 13.8 Å². The fraction of sp³-hybridized carbons (Fsp3) is 0.750. The number of carbonyl (C=O) groups is 4. The average Bonchev–Trinajstić information content (AvgIpc) is 2.50. The van der Waals surface area contributed by atoms with Crippen molar-refractivity contribution < 1.29 is 47.6 Å². The zero-order valence-electron chi connectivity index (χ0n) is 15.6. The van der Waals surface area contributed by atoms with E-state index in [1.807, 2.05) is 0 Å². The summed E-state index contributed by atoms with van der Waals surface area (Å²) in [5.74, 6) is -1.96. The van der Waals surface area contributed by atoms with Gasteiger partial charge in [-0.2, -0.15) is 0 Å². The Morgan fingerprint density at radius 2 is 1.44 bits per heavy atom. The molecule has 11 heteroatoms. The molecule has 1 aliphatic rings. The second-order valence-electron chi connectivity index (χ2n) is 5.98. The predicted octanol–water partition coefficient (Wildman–Crippen LogP) is 1.46. The molecule has 0 aliphatic carbocycles. The van der Waals surface area contributed by atoms with Crippen molar-refractivity contribution in [3.63, 3.8) is 0 Å². The smallest absolute Gasteiger partial charge is 0.463 e. The molecule has 0 amide bonds. The molecule has 154 valence electrons. The lowest BCUT2D eigenvalue weighted by atomic mass is 9.99. The van der Waals surface area contributed by atoms with E-state index in [4.69, 9.17) is 28.4 Å². The lowest BCUT2D eigenvalue weighted by Crippen LogP contribution is -2.61. The highest BCUT2D eigenvalue weighted by Crippen LogP contribution is 2.32. The van der Waals surface area contributed by atoms with Crippen molar-refractivity contribution >= 4 is 40.0 Å². The van der Waals surface area contributed by atoms with Crippen molar-refractivity contribution in [3.05, 3.63) is 0 Å². The van der Waals surface area contributed by atoms with Crippen molar-refractivity contribution in [2.24, 2.45) is 0 Å². The van der Waals surface area contributed by atoms with E-state index in [-0.39, 0.29) is 6.61 Å². The van der Waals surface area contributed by atoms with Crippen LogP contribution in [0.4, 0.5) is 4.79 Å². The van der Waals surface area contributed by atoms with Gasteiger partial charge in [0.05, 0.1) is 6.10 Å². The Balaban J connectivity index is 3.10. The van der Waals surface area contributed by atoms with Crippen LogP contribution in [0.25, 0.3) is 0 Å². The predicted molar refractivity (Wildman–Crippen MR) is 91.8 cm³/mol. The highest BCUT2D eigenvalue weighted by molar-refractivity contribution is 9.09.